The number of pyridine rings is 1. The van der Waals surface area contributed by atoms with Gasteiger partial charge in [-0.05, 0) is 44.4 Å². The molecule has 2 heteroatoms. The Kier molecular flexibility index (Phi) is 2.50. The van der Waals surface area contributed by atoms with Gasteiger partial charge in [-0.3, -0.25) is 0 Å². The summed E-state index contributed by atoms with van der Waals surface area (Å²) < 4.78 is 0. The lowest BCUT2D eigenvalue weighted by molar-refractivity contribution is 0.728. The summed E-state index contributed by atoms with van der Waals surface area (Å²) in [7, 11) is 0. The highest BCUT2D eigenvalue weighted by Crippen LogP contribution is 2.27. The first-order valence-corrected chi connectivity index (χ1v) is 6.39. The molecule has 2 aromatic rings. The Hall–Kier alpha value is -1.57. The molecule has 0 N–H and O–H groups in total. The summed E-state index contributed by atoms with van der Waals surface area (Å²) in [5.41, 5.74) is 2.44. The van der Waals surface area contributed by atoms with Crippen molar-refractivity contribution in [3.05, 3.63) is 35.9 Å². The number of aryl methyl sites for hydroxylation is 1. The molecule has 88 valence electrons. The van der Waals surface area contributed by atoms with E-state index < -0.39 is 0 Å². The largest absolute Gasteiger partial charge is 0.354 e. The molecule has 1 fully saturated rings. The molecule has 0 radical (unpaired) electrons. The second kappa shape index (κ2) is 4.02. The summed E-state index contributed by atoms with van der Waals surface area (Å²) in [5.74, 6) is 1.14. The fraction of sp³-hybridized carbons (Fsp3) is 0.400. The maximum absolute atomic E-state index is 4.79. The molecule has 1 saturated heterocycles. The topological polar surface area (TPSA) is 16.1 Å². The number of benzene rings is 1. The van der Waals surface area contributed by atoms with E-state index in [1.807, 2.05) is 0 Å². The fourth-order valence-electron chi connectivity index (χ4n) is 2.75. The van der Waals surface area contributed by atoms with E-state index in [0.717, 1.165) is 17.9 Å². The number of fused-ring (bicyclic) bond motifs is 1. The zero-order valence-electron chi connectivity index (χ0n) is 10.5. The average Bonchev–Trinajstić information content (AvgIpc) is 2.75. The van der Waals surface area contributed by atoms with Crippen molar-refractivity contribution in [2.24, 2.45) is 0 Å². The van der Waals surface area contributed by atoms with Gasteiger partial charge in [0.1, 0.15) is 5.82 Å². The van der Waals surface area contributed by atoms with Crippen LogP contribution in [-0.4, -0.2) is 17.6 Å². The summed E-state index contributed by atoms with van der Waals surface area (Å²) in [6.07, 6.45) is 2.57. The smallest absolute Gasteiger partial charge is 0.129 e. The van der Waals surface area contributed by atoms with E-state index in [4.69, 9.17) is 4.98 Å². The van der Waals surface area contributed by atoms with E-state index in [0.29, 0.717) is 6.04 Å². The van der Waals surface area contributed by atoms with Crippen molar-refractivity contribution in [1.82, 2.24) is 4.98 Å². The van der Waals surface area contributed by atoms with Gasteiger partial charge in [0.15, 0.2) is 0 Å². The van der Waals surface area contributed by atoms with Gasteiger partial charge in [-0.2, -0.15) is 0 Å². The summed E-state index contributed by atoms with van der Waals surface area (Å²) in [5, 5.41) is 1.27. The van der Waals surface area contributed by atoms with Crippen LogP contribution >= 0.6 is 0 Å². The molecule has 0 amide bonds. The summed E-state index contributed by atoms with van der Waals surface area (Å²) in [6.45, 7) is 5.61. The van der Waals surface area contributed by atoms with Gasteiger partial charge in [0.25, 0.3) is 0 Å². The van der Waals surface area contributed by atoms with Crippen LogP contribution in [0.4, 0.5) is 5.82 Å². The zero-order valence-corrected chi connectivity index (χ0v) is 10.5. The number of para-hydroxylation sites is 1. The molecule has 1 aromatic heterocycles. The highest BCUT2D eigenvalue weighted by atomic mass is 15.2. The highest BCUT2D eigenvalue weighted by Gasteiger charge is 2.21. The minimum absolute atomic E-state index is 0.628. The van der Waals surface area contributed by atoms with Gasteiger partial charge in [0.2, 0.25) is 0 Å². The molecule has 1 atom stereocenters. The van der Waals surface area contributed by atoms with Gasteiger partial charge in [-0.15, -0.1) is 0 Å². The molecule has 0 saturated carbocycles. The maximum Gasteiger partial charge on any atom is 0.129 e. The third-order valence-corrected chi connectivity index (χ3v) is 3.76. The van der Waals surface area contributed by atoms with Crippen LogP contribution in [-0.2, 0) is 0 Å². The van der Waals surface area contributed by atoms with E-state index in [1.165, 1.54) is 23.8 Å². The number of rotatable bonds is 1. The van der Waals surface area contributed by atoms with Gasteiger partial charge in [-0.25, -0.2) is 4.98 Å². The van der Waals surface area contributed by atoms with Crippen molar-refractivity contribution in [3.63, 3.8) is 0 Å². The Bertz CT molecular complexity index is 548. The van der Waals surface area contributed by atoms with Gasteiger partial charge in [0.05, 0.1) is 5.52 Å². The molecule has 0 spiro atoms. The fourth-order valence-corrected chi connectivity index (χ4v) is 2.75. The number of hydrogen-bond acceptors (Lipinski definition) is 2. The van der Waals surface area contributed by atoms with Crippen molar-refractivity contribution >= 4 is 16.7 Å². The third-order valence-electron chi connectivity index (χ3n) is 3.76. The first kappa shape index (κ1) is 10.6. The van der Waals surface area contributed by atoms with Crippen LogP contribution in [0.3, 0.4) is 0 Å². The second-order valence-corrected chi connectivity index (χ2v) is 5.00. The molecule has 0 bridgehead atoms. The molecule has 1 aliphatic heterocycles. The van der Waals surface area contributed by atoms with Gasteiger partial charge in [0, 0.05) is 18.0 Å². The van der Waals surface area contributed by atoms with E-state index >= 15 is 0 Å². The van der Waals surface area contributed by atoms with E-state index in [1.54, 1.807) is 0 Å². The summed E-state index contributed by atoms with van der Waals surface area (Å²) >= 11 is 0. The Morgan fingerprint density at radius 1 is 1.29 bits per heavy atom. The lowest BCUT2D eigenvalue weighted by atomic mass is 10.1. The Labute approximate surface area is 102 Å². The third kappa shape index (κ3) is 1.78. The van der Waals surface area contributed by atoms with Gasteiger partial charge >= 0.3 is 0 Å². The van der Waals surface area contributed by atoms with Crippen molar-refractivity contribution in [2.75, 3.05) is 11.4 Å². The molecule has 1 aromatic carbocycles. The molecule has 3 rings (SSSR count). The quantitative estimate of drug-likeness (QED) is 0.739. The van der Waals surface area contributed by atoms with Crippen molar-refractivity contribution in [3.8, 4) is 0 Å². The zero-order chi connectivity index (χ0) is 11.8. The number of hydrogen-bond donors (Lipinski definition) is 0. The molecule has 17 heavy (non-hydrogen) atoms. The highest BCUT2D eigenvalue weighted by molar-refractivity contribution is 5.83. The standard InChI is InChI=1S/C15H18N2/c1-11-10-15(17-9-5-6-12(17)2)16-14-8-4-3-7-13(11)14/h3-4,7-8,10,12H,5-6,9H2,1-2H3/t12-/m0/s1. The first-order chi connectivity index (χ1) is 8.25. The van der Waals surface area contributed by atoms with Crippen LogP contribution in [0.1, 0.15) is 25.3 Å². The van der Waals surface area contributed by atoms with Crippen LogP contribution in [0.2, 0.25) is 0 Å². The van der Waals surface area contributed by atoms with E-state index in [-0.39, 0.29) is 0 Å². The Morgan fingerprint density at radius 2 is 2.12 bits per heavy atom. The minimum atomic E-state index is 0.628. The predicted octanol–water partition coefficient (Wildman–Crippen LogP) is 3.53. The van der Waals surface area contributed by atoms with Gasteiger partial charge < -0.3 is 4.90 Å². The molecule has 2 heterocycles. The molecular weight excluding hydrogens is 208 g/mol. The number of anilines is 1. The molecule has 0 unspecified atom stereocenters. The number of aromatic nitrogens is 1. The van der Waals surface area contributed by atoms with Crippen LogP contribution < -0.4 is 4.90 Å². The monoisotopic (exact) mass is 226 g/mol. The molecular formula is C15H18N2. The minimum Gasteiger partial charge on any atom is -0.354 e. The maximum atomic E-state index is 4.79. The molecule has 1 aliphatic rings. The normalized spacial score (nSPS) is 20.1. The van der Waals surface area contributed by atoms with Crippen molar-refractivity contribution in [2.45, 2.75) is 32.7 Å². The lowest BCUT2D eigenvalue weighted by Crippen LogP contribution is -2.27. The van der Waals surface area contributed by atoms with Crippen LogP contribution in [0.25, 0.3) is 10.9 Å². The van der Waals surface area contributed by atoms with Crippen LogP contribution in [0.5, 0.6) is 0 Å². The van der Waals surface area contributed by atoms with Gasteiger partial charge in [-0.1, -0.05) is 18.2 Å². The Balaban J connectivity index is 2.12. The average molecular weight is 226 g/mol. The summed E-state index contributed by atoms with van der Waals surface area (Å²) in [4.78, 5) is 7.22. The van der Waals surface area contributed by atoms with E-state index in [9.17, 15) is 0 Å². The SMILES string of the molecule is Cc1cc(N2CCC[C@@H]2C)nc2ccccc12. The first-order valence-electron chi connectivity index (χ1n) is 6.39. The predicted molar refractivity (Wildman–Crippen MR) is 72.5 cm³/mol. The molecule has 2 nitrogen and oxygen atoms in total. The van der Waals surface area contributed by atoms with Crippen molar-refractivity contribution in [1.29, 1.82) is 0 Å². The lowest BCUT2D eigenvalue weighted by Gasteiger charge is -2.23. The van der Waals surface area contributed by atoms with Crippen LogP contribution in [0.15, 0.2) is 30.3 Å². The Morgan fingerprint density at radius 3 is 2.88 bits per heavy atom. The van der Waals surface area contributed by atoms with Crippen molar-refractivity contribution < 1.29 is 0 Å². The number of nitrogens with zero attached hydrogens (tertiary/aromatic N) is 2. The second-order valence-electron chi connectivity index (χ2n) is 5.00. The van der Waals surface area contributed by atoms with Crippen LogP contribution in [0, 0.1) is 6.92 Å². The summed E-state index contributed by atoms with van der Waals surface area (Å²) in [6, 6.07) is 11.2. The molecule has 0 aliphatic carbocycles. The van der Waals surface area contributed by atoms with E-state index in [2.05, 4.69) is 49.1 Å².